The summed E-state index contributed by atoms with van der Waals surface area (Å²) in [5.74, 6) is 0.553. The lowest BCUT2D eigenvalue weighted by Crippen LogP contribution is -2.20. The maximum Gasteiger partial charge on any atom is 0.282 e. The molecule has 5 nitrogen and oxygen atoms in total. The number of aromatic nitrogens is 3. The first-order chi connectivity index (χ1) is 14.8. The van der Waals surface area contributed by atoms with E-state index < -0.39 is 0 Å². The Hall–Kier alpha value is -2.99. The third-order valence-corrected chi connectivity index (χ3v) is 6.17. The van der Waals surface area contributed by atoms with Gasteiger partial charge in [-0.05, 0) is 69.5 Å². The van der Waals surface area contributed by atoms with Gasteiger partial charge in [0.15, 0.2) is 0 Å². The molecule has 158 valence electrons. The Morgan fingerprint density at radius 3 is 2.61 bits per heavy atom. The summed E-state index contributed by atoms with van der Waals surface area (Å²) < 4.78 is 4.49. The molecule has 0 fully saturated rings. The molecule has 0 radical (unpaired) electrons. The lowest BCUT2D eigenvalue weighted by Gasteiger charge is -2.17. The maximum atomic E-state index is 13.0. The van der Waals surface area contributed by atoms with Gasteiger partial charge >= 0.3 is 0 Å². The van der Waals surface area contributed by atoms with Crippen LogP contribution in [0.3, 0.4) is 0 Å². The summed E-state index contributed by atoms with van der Waals surface area (Å²) in [5, 5.41) is 5.05. The van der Waals surface area contributed by atoms with Crippen molar-refractivity contribution in [2.75, 3.05) is 0 Å². The SMILES string of the molecule is CCc1cccc(C)c1-n1c(C)cc(C=Nn2c(C)nc3ccc(Br)cc3c2=O)c1C. The Labute approximate surface area is 190 Å². The molecule has 31 heavy (non-hydrogen) atoms. The molecule has 0 atom stereocenters. The molecule has 0 saturated carbocycles. The minimum atomic E-state index is -0.180. The first-order valence-corrected chi connectivity index (χ1v) is 11.1. The van der Waals surface area contributed by atoms with Gasteiger partial charge in [0, 0.05) is 21.4 Å². The van der Waals surface area contributed by atoms with E-state index in [1.165, 1.54) is 21.5 Å². The molecule has 2 aromatic heterocycles. The van der Waals surface area contributed by atoms with Crippen LogP contribution in [0.2, 0.25) is 0 Å². The highest BCUT2D eigenvalue weighted by Crippen LogP contribution is 2.26. The van der Waals surface area contributed by atoms with Crippen LogP contribution >= 0.6 is 15.9 Å². The molecule has 0 aliphatic heterocycles. The standard InChI is InChI=1S/C25H25BrN4O/c1-6-19-9-7-8-15(2)24(19)29-16(3)12-20(17(29)4)14-27-30-18(5)28-23-11-10-21(26)13-22(23)25(30)31/h7-14H,6H2,1-5H3. The number of rotatable bonds is 4. The Kier molecular flexibility index (Phi) is 5.67. The van der Waals surface area contributed by atoms with Gasteiger partial charge in [0.05, 0.1) is 22.8 Å². The van der Waals surface area contributed by atoms with Crippen molar-refractivity contribution in [1.82, 2.24) is 14.2 Å². The molecule has 2 heterocycles. The van der Waals surface area contributed by atoms with E-state index in [2.05, 4.69) is 82.5 Å². The Morgan fingerprint density at radius 1 is 1.10 bits per heavy atom. The summed E-state index contributed by atoms with van der Waals surface area (Å²) in [6.45, 7) is 10.3. The molecule has 0 saturated heterocycles. The number of hydrogen-bond acceptors (Lipinski definition) is 3. The Bertz CT molecular complexity index is 1400. The molecule has 6 heteroatoms. The summed E-state index contributed by atoms with van der Waals surface area (Å²) in [7, 11) is 0. The van der Waals surface area contributed by atoms with Crippen molar-refractivity contribution in [2.24, 2.45) is 5.10 Å². The molecule has 0 unspecified atom stereocenters. The van der Waals surface area contributed by atoms with Crippen LogP contribution in [0.15, 0.2) is 56.8 Å². The van der Waals surface area contributed by atoms with E-state index in [4.69, 9.17) is 0 Å². The van der Waals surface area contributed by atoms with Gasteiger partial charge in [-0.15, -0.1) is 0 Å². The van der Waals surface area contributed by atoms with E-state index in [1.807, 2.05) is 12.1 Å². The molecule has 0 aliphatic carbocycles. The predicted octanol–water partition coefficient (Wildman–Crippen LogP) is 5.63. The average molecular weight is 477 g/mol. The summed E-state index contributed by atoms with van der Waals surface area (Å²) in [6, 6.07) is 14.0. The number of para-hydroxylation sites is 1. The molecule has 0 bridgehead atoms. The first-order valence-electron chi connectivity index (χ1n) is 10.3. The Balaban J connectivity index is 1.83. The minimum absolute atomic E-state index is 0.180. The van der Waals surface area contributed by atoms with Crippen molar-refractivity contribution < 1.29 is 0 Å². The highest BCUT2D eigenvalue weighted by molar-refractivity contribution is 9.10. The van der Waals surface area contributed by atoms with E-state index in [0.717, 1.165) is 27.8 Å². The molecule has 0 aliphatic rings. The normalized spacial score (nSPS) is 11.7. The van der Waals surface area contributed by atoms with Crippen LogP contribution < -0.4 is 5.56 Å². The minimum Gasteiger partial charge on any atom is -0.317 e. The van der Waals surface area contributed by atoms with Crippen LogP contribution in [-0.4, -0.2) is 20.4 Å². The monoisotopic (exact) mass is 476 g/mol. The van der Waals surface area contributed by atoms with Crippen molar-refractivity contribution in [3.63, 3.8) is 0 Å². The lowest BCUT2D eigenvalue weighted by molar-refractivity contribution is 0.770. The van der Waals surface area contributed by atoms with Crippen LogP contribution in [-0.2, 0) is 6.42 Å². The second kappa shape index (κ2) is 8.27. The zero-order valence-corrected chi connectivity index (χ0v) is 20.0. The summed E-state index contributed by atoms with van der Waals surface area (Å²) in [6.07, 6.45) is 2.72. The van der Waals surface area contributed by atoms with Gasteiger partial charge in [0.2, 0.25) is 0 Å². The summed E-state index contributed by atoms with van der Waals surface area (Å²) >= 11 is 3.43. The van der Waals surface area contributed by atoms with Gasteiger partial charge in [-0.3, -0.25) is 4.79 Å². The highest BCUT2D eigenvalue weighted by Gasteiger charge is 2.14. The van der Waals surface area contributed by atoms with Crippen molar-refractivity contribution in [1.29, 1.82) is 0 Å². The first kappa shape index (κ1) is 21.2. The van der Waals surface area contributed by atoms with Crippen molar-refractivity contribution in [3.05, 3.63) is 91.2 Å². The number of aryl methyl sites for hydroxylation is 4. The van der Waals surface area contributed by atoms with Crippen LogP contribution in [0, 0.1) is 27.7 Å². The van der Waals surface area contributed by atoms with E-state index in [9.17, 15) is 4.79 Å². The van der Waals surface area contributed by atoms with E-state index in [0.29, 0.717) is 16.7 Å². The molecule has 0 amide bonds. The fraction of sp³-hybridized carbons (Fsp3) is 0.240. The van der Waals surface area contributed by atoms with Crippen molar-refractivity contribution in [2.45, 2.75) is 41.0 Å². The van der Waals surface area contributed by atoms with Crippen LogP contribution in [0.5, 0.6) is 0 Å². The Morgan fingerprint density at radius 2 is 1.87 bits per heavy atom. The smallest absolute Gasteiger partial charge is 0.282 e. The van der Waals surface area contributed by atoms with E-state index in [-0.39, 0.29) is 5.56 Å². The van der Waals surface area contributed by atoms with E-state index in [1.54, 1.807) is 19.2 Å². The third-order valence-electron chi connectivity index (χ3n) is 5.68. The molecule has 0 spiro atoms. The zero-order chi connectivity index (χ0) is 22.3. The molecule has 0 N–H and O–H groups in total. The van der Waals surface area contributed by atoms with Crippen LogP contribution in [0.1, 0.15) is 40.8 Å². The molecule has 4 rings (SSSR count). The van der Waals surface area contributed by atoms with Gasteiger partial charge in [0.25, 0.3) is 5.56 Å². The van der Waals surface area contributed by atoms with E-state index >= 15 is 0 Å². The van der Waals surface area contributed by atoms with Crippen molar-refractivity contribution >= 4 is 33.0 Å². The largest absolute Gasteiger partial charge is 0.317 e. The third kappa shape index (κ3) is 3.76. The molecule has 4 aromatic rings. The number of halogens is 1. The predicted molar refractivity (Wildman–Crippen MR) is 131 cm³/mol. The topological polar surface area (TPSA) is 52.2 Å². The van der Waals surface area contributed by atoms with Gasteiger partial charge in [-0.25, -0.2) is 4.98 Å². The summed E-state index contributed by atoms with van der Waals surface area (Å²) in [4.78, 5) is 17.6. The fourth-order valence-corrected chi connectivity index (χ4v) is 4.46. The van der Waals surface area contributed by atoms with Crippen LogP contribution in [0.25, 0.3) is 16.6 Å². The van der Waals surface area contributed by atoms with Gasteiger partial charge in [-0.2, -0.15) is 9.78 Å². The summed E-state index contributed by atoms with van der Waals surface area (Å²) in [5.41, 5.74) is 7.46. The number of benzene rings is 2. The molecular formula is C25H25BrN4O. The quantitative estimate of drug-likeness (QED) is 0.358. The highest BCUT2D eigenvalue weighted by atomic mass is 79.9. The number of fused-ring (bicyclic) bond motifs is 1. The number of hydrogen-bond donors (Lipinski definition) is 0. The zero-order valence-electron chi connectivity index (χ0n) is 18.4. The number of nitrogens with zero attached hydrogens (tertiary/aromatic N) is 4. The second-order valence-electron chi connectivity index (χ2n) is 7.78. The maximum absolute atomic E-state index is 13.0. The van der Waals surface area contributed by atoms with Gasteiger partial charge in [-0.1, -0.05) is 41.1 Å². The fourth-order valence-electron chi connectivity index (χ4n) is 4.10. The average Bonchev–Trinajstić information content (AvgIpc) is 3.01. The lowest BCUT2D eigenvalue weighted by atomic mass is 10.1. The van der Waals surface area contributed by atoms with Gasteiger partial charge < -0.3 is 4.57 Å². The van der Waals surface area contributed by atoms with Crippen LogP contribution in [0.4, 0.5) is 0 Å². The van der Waals surface area contributed by atoms with Gasteiger partial charge in [0.1, 0.15) is 5.82 Å². The molecular weight excluding hydrogens is 452 g/mol. The van der Waals surface area contributed by atoms with Crippen molar-refractivity contribution in [3.8, 4) is 5.69 Å². The second-order valence-corrected chi connectivity index (χ2v) is 8.70. The molecule has 2 aromatic carbocycles.